The van der Waals surface area contributed by atoms with Crippen LogP contribution in [0.1, 0.15) is 18.9 Å². The number of halogens is 1. The van der Waals surface area contributed by atoms with Crippen LogP contribution in [0.25, 0.3) is 0 Å². The zero-order chi connectivity index (χ0) is 10.9. The summed E-state index contributed by atoms with van der Waals surface area (Å²) in [5.74, 6) is 0.104. The van der Waals surface area contributed by atoms with Crippen LogP contribution in [0.5, 0.6) is 0 Å². The first-order valence-corrected chi connectivity index (χ1v) is 5.27. The maximum atomic E-state index is 12.8. The predicted octanol–water partition coefficient (Wildman–Crippen LogP) is 2.04. The number of ether oxygens (including phenoxy) is 1. The highest BCUT2D eigenvalue weighted by atomic mass is 19.1. The minimum Gasteiger partial charge on any atom is -0.370 e. The molecule has 1 aromatic rings. The maximum absolute atomic E-state index is 12.8. The third-order valence-electron chi connectivity index (χ3n) is 3.35. The molecule has 2 N–H and O–H groups in total. The lowest BCUT2D eigenvalue weighted by molar-refractivity contribution is -0.00796. The number of benzene rings is 1. The van der Waals surface area contributed by atoms with E-state index in [2.05, 4.69) is 0 Å². The molecule has 0 bridgehead atoms. The van der Waals surface area contributed by atoms with Gasteiger partial charge >= 0.3 is 0 Å². The maximum Gasteiger partial charge on any atom is 0.123 e. The fourth-order valence-corrected chi connectivity index (χ4v) is 2.25. The smallest absolute Gasteiger partial charge is 0.123 e. The van der Waals surface area contributed by atoms with E-state index >= 15 is 0 Å². The molecule has 3 heteroatoms. The van der Waals surface area contributed by atoms with Gasteiger partial charge in [-0.15, -0.1) is 0 Å². The van der Waals surface area contributed by atoms with E-state index < -0.39 is 0 Å². The molecule has 1 heterocycles. The second-order valence-electron chi connectivity index (χ2n) is 4.18. The highest BCUT2D eigenvalue weighted by Gasteiger charge is 2.40. The average Bonchev–Trinajstić information content (AvgIpc) is 2.61. The van der Waals surface area contributed by atoms with Gasteiger partial charge in [-0.25, -0.2) is 4.39 Å². The van der Waals surface area contributed by atoms with Gasteiger partial charge in [0.05, 0.1) is 5.60 Å². The summed E-state index contributed by atoms with van der Waals surface area (Å²) in [7, 11) is 0. The lowest BCUT2D eigenvalue weighted by Crippen LogP contribution is -2.33. The summed E-state index contributed by atoms with van der Waals surface area (Å²) < 4.78 is 18.6. The molecule has 0 spiro atoms. The molecule has 2 atom stereocenters. The first-order valence-electron chi connectivity index (χ1n) is 5.27. The van der Waals surface area contributed by atoms with Gasteiger partial charge in [0.1, 0.15) is 5.82 Å². The molecule has 0 radical (unpaired) electrons. The largest absolute Gasteiger partial charge is 0.370 e. The van der Waals surface area contributed by atoms with Crippen LogP contribution >= 0.6 is 0 Å². The monoisotopic (exact) mass is 209 g/mol. The molecule has 1 aliphatic rings. The molecular formula is C12H16FNO. The third-order valence-corrected chi connectivity index (χ3v) is 3.35. The molecule has 1 saturated heterocycles. The Morgan fingerprint density at radius 1 is 1.47 bits per heavy atom. The van der Waals surface area contributed by atoms with Crippen molar-refractivity contribution in [2.75, 3.05) is 13.2 Å². The van der Waals surface area contributed by atoms with E-state index in [4.69, 9.17) is 10.5 Å². The van der Waals surface area contributed by atoms with Crippen molar-refractivity contribution < 1.29 is 9.13 Å². The minimum atomic E-state index is -0.345. The molecule has 0 aliphatic carbocycles. The van der Waals surface area contributed by atoms with Crippen molar-refractivity contribution >= 4 is 0 Å². The van der Waals surface area contributed by atoms with Crippen LogP contribution in [0.4, 0.5) is 4.39 Å². The Morgan fingerprint density at radius 2 is 2.13 bits per heavy atom. The van der Waals surface area contributed by atoms with Crippen molar-refractivity contribution in [3.8, 4) is 0 Å². The molecule has 2 nitrogen and oxygen atoms in total. The molecular weight excluding hydrogens is 193 g/mol. The number of rotatable bonds is 2. The summed E-state index contributed by atoms with van der Waals surface area (Å²) in [5.41, 5.74) is 6.39. The van der Waals surface area contributed by atoms with Gasteiger partial charge in [0.15, 0.2) is 0 Å². The van der Waals surface area contributed by atoms with Crippen LogP contribution in [0.2, 0.25) is 0 Å². The zero-order valence-corrected chi connectivity index (χ0v) is 8.87. The van der Waals surface area contributed by atoms with Gasteiger partial charge in [0.2, 0.25) is 0 Å². The molecule has 2 rings (SSSR count). The Labute approximate surface area is 89.2 Å². The quantitative estimate of drug-likeness (QED) is 0.809. The fraction of sp³-hybridized carbons (Fsp3) is 0.500. The standard InChI is InChI=1S/C12H16FNO/c1-12(10(8-14)6-7-15-12)9-2-4-11(13)5-3-9/h2-5,10H,6-8,14H2,1H3. The van der Waals surface area contributed by atoms with E-state index in [1.54, 1.807) is 12.1 Å². The van der Waals surface area contributed by atoms with E-state index in [9.17, 15) is 4.39 Å². The Hall–Kier alpha value is -0.930. The van der Waals surface area contributed by atoms with Crippen molar-refractivity contribution in [1.82, 2.24) is 0 Å². The first kappa shape index (κ1) is 10.6. The summed E-state index contributed by atoms with van der Waals surface area (Å²) in [4.78, 5) is 0. The van der Waals surface area contributed by atoms with Gasteiger partial charge in [0, 0.05) is 12.5 Å². The zero-order valence-electron chi connectivity index (χ0n) is 8.87. The molecule has 82 valence electrons. The lowest BCUT2D eigenvalue weighted by Gasteiger charge is -2.30. The van der Waals surface area contributed by atoms with E-state index in [1.807, 2.05) is 6.92 Å². The first-order chi connectivity index (χ1) is 7.16. The van der Waals surface area contributed by atoms with E-state index in [-0.39, 0.29) is 11.4 Å². The predicted molar refractivity (Wildman–Crippen MR) is 56.9 cm³/mol. The summed E-state index contributed by atoms with van der Waals surface area (Å²) >= 11 is 0. The summed E-state index contributed by atoms with van der Waals surface area (Å²) in [5, 5.41) is 0. The van der Waals surface area contributed by atoms with E-state index in [1.165, 1.54) is 12.1 Å². The highest BCUT2D eigenvalue weighted by molar-refractivity contribution is 5.24. The van der Waals surface area contributed by atoms with E-state index in [0.29, 0.717) is 12.5 Å². The van der Waals surface area contributed by atoms with Crippen LogP contribution < -0.4 is 5.73 Å². The van der Waals surface area contributed by atoms with Crippen LogP contribution in [0.3, 0.4) is 0 Å². The molecule has 1 aliphatic heterocycles. The Balaban J connectivity index is 2.32. The molecule has 1 fully saturated rings. The van der Waals surface area contributed by atoms with Crippen LogP contribution in [-0.2, 0) is 10.3 Å². The van der Waals surface area contributed by atoms with Crippen molar-refractivity contribution in [2.45, 2.75) is 18.9 Å². The topological polar surface area (TPSA) is 35.2 Å². The van der Waals surface area contributed by atoms with Crippen molar-refractivity contribution in [3.05, 3.63) is 35.6 Å². The van der Waals surface area contributed by atoms with Gasteiger partial charge in [-0.3, -0.25) is 0 Å². The fourth-order valence-electron chi connectivity index (χ4n) is 2.25. The number of nitrogens with two attached hydrogens (primary N) is 1. The number of hydrogen-bond acceptors (Lipinski definition) is 2. The normalized spacial score (nSPS) is 30.7. The van der Waals surface area contributed by atoms with Gasteiger partial charge in [0.25, 0.3) is 0 Å². The Kier molecular flexibility index (Phi) is 2.76. The number of hydrogen-bond donors (Lipinski definition) is 1. The van der Waals surface area contributed by atoms with Crippen LogP contribution in [-0.4, -0.2) is 13.2 Å². The van der Waals surface area contributed by atoms with E-state index in [0.717, 1.165) is 18.6 Å². The molecule has 2 unspecified atom stereocenters. The second-order valence-corrected chi connectivity index (χ2v) is 4.18. The summed E-state index contributed by atoms with van der Waals surface area (Å²) in [6.45, 7) is 3.37. The van der Waals surface area contributed by atoms with Gasteiger partial charge in [-0.2, -0.15) is 0 Å². The van der Waals surface area contributed by atoms with Gasteiger partial charge < -0.3 is 10.5 Å². The Morgan fingerprint density at radius 3 is 2.73 bits per heavy atom. The average molecular weight is 209 g/mol. The second kappa shape index (κ2) is 3.91. The molecule has 0 saturated carbocycles. The van der Waals surface area contributed by atoms with Crippen molar-refractivity contribution in [2.24, 2.45) is 11.7 Å². The van der Waals surface area contributed by atoms with Crippen molar-refractivity contribution in [3.63, 3.8) is 0 Å². The van der Waals surface area contributed by atoms with Crippen molar-refractivity contribution in [1.29, 1.82) is 0 Å². The van der Waals surface area contributed by atoms with Gasteiger partial charge in [-0.1, -0.05) is 12.1 Å². The lowest BCUT2D eigenvalue weighted by atomic mass is 9.83. The van der Waals surface area contributed by atoms with Crippen LogP contribution in [0, 0.1) is 11.7 Å². The SMILES string of the molecule is CC1(c2ccc(F)cc2)OCCC1CN. The Bertz CT molecular complexity index is 338. The third kappa shape index (κ3) is 1.77. The summed E-state index contributed by atoms with van der Waals surface area (Å²) in [6, 6.07) is 6.50. The molecule has 0 aromatic heterocycles. The molecule has 1 aromatic carbocycles. The summed E-state index contributed by atoms with van der Waals surface area (Å²) in [6.07, 6.45) is 0.977. The molecule has 15 heavy (non-hydrogen) atoms. The minimum absolute atomic E-state index is 0.218. The van der Waals surface area contributed by atoms with Gasteiger partial charge in [-0.05, 0) is 37.6 Å². The highest BCUT2D eigenvalue weighted by Crippen LogP contribution is 2.40. The molecule has 0 amide bonds. The van der Waals surface area contributed by atoms with Crippen LogP contribution in [0.15, 0.2) is 24.3 Å².